The third-order valence-corrected chi connectivity index (χ3v) is 5.53. The second-order valence-corrected chi connectivity index (χ2v) is 7.68. The van der Waals surface area contributed by atoms with Crippen molar-refractivity contribution in [2.75, 3.05) is 0 Å². The molecule has 0 aliphatic carbocycles. The van der Waals surface area contributed by atoms with Gasteiger partial charge in [-0.05, 0) is 36.8 Å². The average molecular weight is 367 g/mol. The molecule has 3 aromatic carbocycles. The van der Waals surface area contributed by atoms with Crippen molar-refractivity contribution in [1.29, 1.82) is 0 Å². The van der Waals surface area contributed by atoms with Crippen molar-refractivity contribution in [2.45, 2.75) is 23.5 Å². The molecule has 126 valence electrons. The second kappa shape index (κ2) is 8.37. The van der Waals surface area contributed by atoms with Crippen molar-refractivity contribution in [3.8, 4) is 0 Å². The van der Waals surface area contributed by atoms with Crippen molar-refractivity contribution in [2.24, 2.45) is 0 Å². The van der Waals surface area contributed by atoms with Crippen molar-refractivity contribution < 1.29 is 4.79 Å². The number of carbonyl (C=O) groups is 1. The summed E-state index contributed by atoms with van der Waals surface area (Å²) in [5, 5.41) is 0.785. The van der Waals surface area contributed by atoms with Gasteiger partial charge < -0.3 is 0 Å². The van der Waals surface area contributed by atoms with Crippen LogP contribution in [0.25, 0.3) is 0 Å². The van der Waals surface area contributed by atoms with E-state index in [9.17, 15) is 4.79 Å². The van der Waals surface area contributed by atoms with Crippen LogP contribution >= 0.6 is 23.4 Å². The van der Waals surface area contributed by atoms with Gasteiger partial charge in [0.25, 0.3) is 0 Å². The number of ketones is 1. The summed E-state index contributed by atoms with van der Waals surface area (Å²) >= 11 is 7.68. The van der Waals surface area contributed by atoms with Gasteiger partial charge in [-0.15, -0.1) is 11.8 Å². The molecule has 0 bridgehead atoms. The van der Waals surface area contributed by atoms with Gasteiger partial charge in [0.05, 0.1) is 0 Å². The Kier molecular flexibility index (Phi) is 5.95. The second-order valence-electron chi connectivity index (χ2n) is 5.96. The van der Waals surface area contributed by atoms with Gasteiger partial charge in [0.15, 0.2) is 5.78 Å². The summed E-state index contributed by atoms with van der Waals surface area (Å²) in [6, 6.07) is 25.7. The standard InChI is InChI=1S/C22H19ClOS/c1-16-7-9-17(10-8-16)21(24)15-22(18-5-3-2-4-6-18)25-20-13-11-19(23)12-14-20/h2-14,22H,15H2,1H3/t22-/m0/s1. The summed E-state index contributed by atoms with van der Waals surface area (Å²) in [4.78, 5) is 13.9. The molecule has 0 saturated carbocycles. The minimum Gasteiger partial charge on any atom is -0.294 e. The molecule has 0 fully saturated rings. The molecule has 0 saturated heterocycles. The van der Waals surface area contributed by atoms with Gasteiger partial charge in [-0.2, -0.15) is 0 Å². The summed E-state index contributed by atoms with van der Waals surface area (Å²) < 4.78 is 0. The fourth-order valence-electron chi connectivity index (χ4n) is 2.60. The van der Waals surface area contributed by atoms with Crippen LogP contribution in [-0.2, 0) is 0 Å². The molecular weight excluding hydrogens is 348 g/mol. The third kappa shape index (κ3) is 4.97. The first kappa shape index (κ1) is 17.8. The normalized spacial score (nSPS) is 11.9. The minimum atomic E-state index is 0.0659. The van der Waals surface area contributed by atoms with Gasteiger partial charge in [0.1, 0.15) is 0 Å². The Hall–Kier alpha value is -2.03. The van der Waals surface area contributed by atoms with E-state index in [0.717, 1.165) is 26.6 Å². The van der Waals surface area contributed by atoms with E-state index in [-0.39, 0.29) is 11.0 Å². The number of rotatable bonds is 6. The number of halogens is 1. The molecule has 1 nitrogen and oxygen atoms in total. The molecule has 0 unspecified atom stereocenters. The summed E-state index contributed by atoms with van der Waals surface area (Å²) in [5.74, 6) is 0.162. The fourth-order valence-corrected chi connectivity index (χ4v) is 3.87. The quantitative estimate of drug-likeness (QED) is 0.354. The van der Waals surface area contributed by atoms with Crippen LogP contribution in [0.4, 0.5) is 0 Å². The molecule has 25 heavy (non-hydrogen) atoms. The number of hydrogen-bond donors (Lipinski definition) is 0. The number of hydrogen-bond acceptors (Lipinski definition) is 2. The number of carbonyl (C=O) groups excluding carboxylic acids is 1. The lowest BCUT2D eigenvalue weighted by atomic mass is 10.0. The highest BCUT2D eigenvalue weighted by Crippen LogP contribution is 2.38. The van der Waals surface area contributed by atoms with Crippen LogP contribution < -0.4 is 0 Å². The number of aryl methyl sites for hydroxylation is 1. The van der Waals surface area contributed by atoms with E-state index in [1.807, 2.05) is 73.7 Å². The maximum atomic E-state index is 12.7. The zero-order chi connectivity index (χ0) is 17.6. The molecule has 3 rings (SSSR count). The molecule has 3 aromatic rings. The van der Waals surface area contributed by atoms with Gasteiger partial charge in [0.2, 0.25) is 0 Å². The largest absolute Gasteiger partial charge is 0.294 e. The van der Waals surface area contributed by atoms with E-state index in [4.69, 9.17) is 11.6 Å². The molecule has 0 amide bonds. The molecule has 3 heteroatoms. The van der Waals surface area contributed by atoms with E-state index < -0.39 is 0 Å². The first-order chi connectivity index (χ1) is 12.1. The zero-order valence-electron chi connectivity index (χ0n) is 14.0. The average Bonchev–Trinajstić information content (AvgIpc) is 2.64. The summed E-state index contributed by atoms with van der Waals surface area (Å²) in [6.45, 7) is 2.03. The zero-order valence-corrected chi connectivity index (χ0v) is 15.6. The van der Waals surface area contributed by atoms with Crippen LogP contribution in [0.15, 0.2) is 83.8 Å². The highest BCUT2D eigenvalue weighted by atomic mass is 35.5. The predicted molar refractivity (Wildman–Crippen MR) is 107 cm³/mol. The lowest BCUT2D eigenvalue weighted by Gasteiger charge is -2.17. The van der Waals surface area contributed by atoms with Gasteiger partial charge in [-0.25, -0.2) is 0 Å². The maximum absolute atomic E-state index is 12.7. The molecule has 0 aromatic heterocycles. The summed E-state index contributed by atoms with van der Waals surface area (Å²) in [7, 11) is 0. The predicted octanol–water partition coefficient (Wildman–Crippen LogP) is 6.75. The van der Waals surface area contributed by atoms with Crippen LogP contribution in [0.3, 0.4) is 0 Å². The Labute approximate surface area is 158 Å². The molecule has 0 aliphatic heterocycles. The molecule has 0 heterocycles. The first-order valence-electron chi connectivity index (χ1n) is 8.19. The van der Waals surface area contributed by atoms with E-state index in [1.165, 1.54) is 0 Å². The van der Waals surface area contributed by atoms with Crippen LogP contribution in [-0.4, -0.2) is 5.78 Å². The van der Waals surface area contributed by atoms with Crippen molar-refractivity contribution >= 4 is 29.1 Å². The molecule has 0 N–H and O–H groups in total. The van der Waals surface area contributed by atoms with Crippen LogP contribution in [0.2, 0.25) is 5.02 Å². The smallest absolute Gasteiger partial charge is 0.164 e. The number of benzene rings is 3. The Balaban J connectivity index is 1.82. The summed E-state index contributed by atoms with van der Waals surface area (Å²) in [5.41, 5.74) is 3.08. The van der Waals surface area contributed by atoms with Gasteiger partial charge in [-0.3, -0.25) is 4.79 Å². The van der Waals surface area contributed by atoms with E-state index in [0.29, 0.717) is 6.42 Å². The van der Waals surface area contributed by atoms with Crippen molar-refractivity contribution in [1.82, 2.24) is 0 Å². The topological polar surface area (TPSA) is 17.1 Å². The van der Waals surface area contributed by atoms with Crippen LogP contribution in [0.5, 0.6) is 0 Å². The Morgan fingerprint density at radius 1 is 0.920 bits per heavy atom. The summed E-state index contributed by atoms with van der Waals surface area (Å²) in [6.07, 6.45) is 0.459. The molecule has 1 atom stereocenters. The number of thioether (sulfide) groups is 1. The molecule has 0 spiro atoms. The lowest BCUT2D eigenvalue weighted by molar-refractivity contribution is 0.0982. The molecular formula is C22H19ClOS. The first-order valence-corrected chi connectivity index (χ1v) is 9.44. The fraction of sp³-hybridized carbons (Fsp3) is 0.136. The van der Waals surface area contributed by atoms with Gasteiger partial charge >= 0.3 is 0 Å². The highest BCUT2D eigenvalue weighted by molar-refractivity contribution is 7.99. The van der Waals surface area contributed by atoms with E-state index in [1.54, 1.807) is 11.8 Å². The maximum Gasteiger partial charge on any atom is 0.164 e. The van der Waals surface area contributed by atoms with Crippen LogP contribution in [0.1, 0.15) is 33.2 Å². The highest BCUT2D eigenvalue weighted by Gasteiger charge is 2.18. The molecule has 0 aliphatic rings. The third-order valence-electron chi connectivity index (χ3n) is 4.01. The van der Waals surface area contributed by atoms with Gasteiger partial charge in [0, 0.05) is 27.2 Å². The van der Waals surface area contributed by atoms with E-state index in [2.05, 4.69) is 12.1 Å². The van der Waals surface area contributed by atoms with Gasteiger partial charge in [-0.1, -0.05) is 71.8 Å². The minimum absolute atomic E-state index is 0.0659. The van der Waals surface area contributed by atoms with Crippen molar-refractivity contribution in [3.63, 3.8) is 0 Å². The van der Waals surface area contributed by atoms with Crippen LogP contribution in [0, 0.1) is 6.92 Å². The Morgan fingerprint density at radius 2 is 1.56 bits per heavy atom. The monoisotopic (exact) mass is 366 g/mol. The van der Waals surface area contributed by atoms with Crippen molar-refractivity contribution in [3.05, 3.63) is 101 Å². The Morgan fingerprint density at radius 3 is 2.20 bits per heavy atom. The SMILES string of the molecule is Cc1ccc(C(=O)C[C@H](Sc2ccc(Cl)cc2)c2ccccc2)cc1. The van der Waals surface area contributed by atoms with E-state index >= 15 is 0 Å². The Bertz CT molecular complexity index is 826. The lowest BCUT2D eigenvalue weighted by Crippen LogP contribution is -2.05. The number of Topliss-reactive ketones (excluding diaryl/α,β-unsaturated/α-hetero) is 1. The molecule has 0 radical (unpaired) electrons.